The van der Waals surface area contributed by atoms with Gasteiger partial charge in [0.05, 0.1) is 12.4 Å². The van der Waals surface area contributed by atoms with Crippen LogP contribution >= 0.6 is 0 Å². The highest BCUT2D eigenvalue weighted by atomic mass is 19.1. The fraction of sp³-hybridized carbons (Fsp3) is 0.615. The Kier molecular flexibility index (Phi) is 2.34. The van der Waals surface area contributed by atoms with Crippen molar-refractivity contribution in [3.8, 4) is 0 Å². The number of aromatic nitrogens is 1. The van der Waals surface area contributed by atoms with E-state index in [-0.39, 0.29) is 12.6 Å². The molecule has 0 spiro atoms. The molecule has 0 aliphatic heterocycles. The van der Waals surface area contributed by atoms with E-state index in [0.29, 0.717) is 0 Å². The van der Waals surface area contributed by atoms with Crippen molar-refractivity contribution < 1.29 is 4.39 Å². The lowest BCUT2D eigenvalue weighted by molar-refractivity contribution is 0.424. The zero-order valence-electron chi connectivity index (χ0n) is 9.65. The number of rotatable bonds is 2. The molecule has 2 aliphatic rings. The van der Waals surface area contributed by atoms with Crippen LogP contribution in [0.25, 0.3) is 0 Å². The third-order valence-electron chi connectivity index (χ3n) is 3.92. The molecular formula is C13H17FN2. The molecular weight excluding hydrogens is 203 g/mol. The van der Waals surface area contributed by atoms with E-state index in [0.717, 1.165) is 31.4 Å². The van der Waals surface area contributed by atoms with Crippen molar-refractivity contribution in [1.29, 1.82) is 0 Å². The van der Waals surface area contributed by atoms with Gasteiger partial charge in [-0.25, -0.2) is 0 Å². The van der Waals surface area contributed by atoms with Gasteiger partial charge in [-0.1, -0.05) is 0 Å². The third kappa shape index (κ3) is 1.27. The van der Waals surface area contributed by atoms with E-state index in [2.05, 4.69) is 5.32 Å². The van der Waals surface area contributed by atoms with E-state index in [1.165, 1.54) is 28.9 Å². The van der Waals surface area contributed by atoms with E-state index in [1.54, 1.807) is 0 Å². The lowest BCUT2D eigenvalue weighted by atomic mass is 10.0. The van der Waals surface area contributed by atoms with E-state index in [4.69, 9.17) is 4.98 Å². The van der Waals surface area contributed by atoms with Gasteiger partial charge < -0.3 is 5.32 Å². The lowest BCUT2D eigenvalue weighted by Crippen LogP contribution is -2.06. The zero-order valence-corrected chi connectivity index (χ0v) is 9.65. The van der Waals surface area contributed by atoms with Crippen LogP contribution in [-0.4, -0.2) is 18.7 Å². The second kappa shape index (κ2) is 3.72. The van der Waals surface area contributed by atoms with Crippen LogP contribution in [0.3, 0.4) is 0 Å². The van der Waals surface area contributed by atoms with Gasteiger partial charge in [0, 0.05) is 24.3 Å². The maximum Gasteiger partial charge on any atom is 0.0978 e. The Bertz CT molecular complexity index is 428. The highest BCUT2D eigenvalue weighted by Gasteiger charge is 2.30. The van der Waals surface area contributed by atoms with E-state index in [1.807, 2.05) is 7.05 Å². The van der Waals surface area contributed by atoms with Crippen LogP contribution in [0.5, 0.6) is 0 Å². The minimum absolute atomic E-state index is 0.0491. The molecule has 1 unspecified atom stereocenters. The summed E-state index contributed by atoms with van der Waals surface area (Å²) >= 11 is 0. The third-order valence-corrected chi connectivity index (χ3v) is 3.92. The van der Waals surface area contributed by atoms with Crippen LogP contribution < -0.4 is 5.32 Å². The van der Waals surface area contributed by atoms with Crippen LogP contribution in [0.4, 0.5) is 10.1 Å². The largest absolute Gasteiger partial charge is 0.388 e. The molecule has 0 aromatic carbocycles. The Labute approximate surface area is 95.3 Å². The fourth-order valence-corrected chi connectivity index (χ4v) is 3.14. The summed E-state index contributed by atoms with van der Waals surface area (Å²) in [6.45, 7) is -0.262. The summed E-state index contributed by atoms with van der Waals surface area (Å²) in [5.41, 5.74) is 6.18. The highest BCUT2D eigenvalue weighted by Crippen LogP contribution is 2.41. The summed E-state index contributed by atoms with van der Waals surface area (Å²) < 4.78 is 12.9. The zero-order chi connectivity index (χ0) is 11.1. The number of alkyl halides is 1. The number of halogens is 1. The van der Waals surface area contributed by atoms with Crippen molar-refractivity contribution in [2.75, 3.05) is 19.0 Å². The summed E-state index contributed by atoms with van der Waals surface area (Å²) in [7, 11) is 1.97. The molecule has 0 bridgehead atoms. The number of fused-ring (bicyclic) bond motifs is 2. The SMILES string of the molecule is CNc1c2c(nc3c1CCC3CF)CCC2. The molecule has 0 saturated heterocycles. The summed E-state index contributed by atoms with van der Waals surface area (Å²) in [5.74, 6) is 0.0491. The van der Waals surface area contributed by atoms with Gasteiger partial charge in [-0.2, -0.15) is 0 Å². The first-order chi connectivity index (χ1) is 7.85. The molecule has 3 rings (SSSR count). The Morgan fingerprint density at radius 3 is 2.94 bits per heavy atom. The predicted molar refractivity (Wildman–Crippen MR) is 62.8 cm³/mol. The monoisotopic (exact) mass is 220 g/mol. The molecule has 3 heteroatoms. The van der Waals surface area contributed by atoms with Gasteiger partial charge in [-0.05, 0) is 43.2 Å². The van der Waals surface area contributed by atoms with Gasteiger partial charge >= 0.3 is 0 Å². The van der Waals surface area contributed by atoms with Gasteiger partial charge in [0.25, 0.3) is 0 Å². The first kappa shape index (κ1) is 10.1. The smallest absolute Gasteiger partial charge is 0.0978 e. The van der Waals surface area contributed by atoms with Gasteiger partial charge in [0.2, 0.25) is 0 Å². The first-order valence-electron chi connectivity index (χ1n) is 6.13. The highest BCUT2D eigenvalue weighted by molar-refractivity contribution is 5.63. The van der Waals surface area contributed by atoms with Gasteiger partial charge in [0.15, 0.2) is 0 Å². The Balaban J connectivity index is 2.17. The second-order valence-corrected chi connectivity index (χ2v) is 4.77. The lowest BCUT2D eigenvalue weighted by Gasteiger charge is -2.14. The van der Waals surface area contributed by atoms with Crippen molar-refractivity contribution in [3.05, 3.63) is 22.5 Å². The maximum atomic E-state index is 12.9. The maximum absolute atomic E-state index is 12.9. The number of hydrogen-bond acceptors (Lipinski definition) is 2. The second-order valence-electron chi connectivity index (χ2n) is 4.77. The number of anilines is 1. The molecule has 1 atom stereocenters. The fourth-order valence-electron chi connectivity index (χ4n) is 3.14. The Morgan fingerprint density at radius 1 is 1.31 bits per heavy atom. The van der Waals surface area contributed by atoms with Crippen molar-refractivity contribution in [2.45, 2.75) is 38.0 Å². The van der Waals surface area contributed by atoms with E-state index in [9.17, 15) is 4.39 Å². The van der Waals surface area contributed by atoms with Crippen LogP contribution in [0.1, 0.15) is 41.3 Å². The molecule has 2 nitrogen and oxygen atoms in total. The van der Waals surface area contributed by atoms with Gasteiger partial charge in [-0.3, -0.25) is 9.37 Å². The van der Waals surface area contributed by atoms with Crippen molar-refractivity contribution in [3.63, 3.8) is 0 Å². The summed E-state index contributed by atoms with van der Waals surface area (Å²) in [4.78, 5) is 4.71. The number of pyridine rings is 1. The van der Waals surface area contributed by atoms with E-state index >= 15 is 0 Å². The minimum atomic E-state index is -0.262. The number of aryl methyl sites for hydroxylation is 1. The Hall–Kier alpha value is -1.12. The standard InChI is InChI=1S/C13H17FN2/c1-15-13-9-3-2-4-11(9)16-12-8(7-14)5-6-10(12)13/h8H,2-7H2,1H3,(H,15,16). The number of hydrogen-bond donors (Lipinski definition) is 1. The van der Waals surface area contributed by atoms with Gasteiger partial charge in [0.1, 0.15) is 0 Å². The Morgan fingerprint density at radius 2 is 2.19 bits per heavy atom. The topological polar surface area (TPSA) is 24.9 Å². The summed E-state index contributed by atoms with van der Waals surface area (Å²) in [6, 6.07) is 0. The molecule has 1 heterocycles. The van der Waals surface area contributed by atoms with Crippen molar-refractivity contribution in [2.24, 2.45) is 0 Å². The molecule has 0 saturated carbocycles. The molecule has 0 fully saturated rings. The average Bonchev–Trinajstić information content (AvgIpc) is 2.91. The van der Waals surface area contributed by atoms with E-state index < -0.39 is 0 Å². The first-order valence-corrected chi connectivity index (χ1v) is 6.13. The average molecular weight is 220 g/mol. The number of nitrogens with zero attached hydrogens (tertiary/aromatic N) is 1. The summed E-state index contributed by atoms with van der Waals surface area (Å²) in [5, 5.41) is 3.31. The number of nitrogens with one attached hydrogen (secondary N) is 1. The normalized spacial score (nSPS) is 22.0. The van der Waals surface area contributed by atoms with Crippen LogP contribution in [0.2, 0.25) is 0 Å². The van der Waals surface area contributed by atoms with Crippen molar-refractivity contribution in [1.82, 2.24) is 4.98 Å². The molecule has 86 valence electrons. The molecule has 0 amide bonds. The van der Waals surface area contributed by atoms with Crippen LogP contribution in [0.15, 0.2) is 0 Å². The molecule has 16 heavy (non-hydrogen) atoms. The molecule has 1 aromatic rings. The molecule has 1 N–H and O–H groups in total. The van der Waals surface area contributed by atoms with Crippen LogP contribution in [0, 0.1) is 0 Å². The van der Waals surface area contributed by atoms with Crippen molar-refractivity contribution >= 4 is 5.69 Å². The molecule has 0 radical (unpaired) electrons. The van der Waals surface area contributed by atoms with Crippen LogP contribution in [-0.2, 0) is 19.3 Å². The molecule has 2 aliphatic carbocycles. The predicted octanol–water partition coefficient (Wildman–Crippen LogP) is 2.61. The quantitative estimate of drug-likeness (QED) is 0.828. The minimum Gasteiger partial charge on any atom is -0.388 e. The summed E-state index contributed by atoms with van der Waals surface area (Å²) in [6.07, 6.45) is 5.30. The van der Waals surface area contributed by atoms with Gasteiger partial charge in [-0.15, -0.1) is 0 Å². The molecule has 1 aromatic heterocycles.